The second kappa shape index (κ2) is 11.3. The van der Waals surface area contributed by atoms with Crippen LogP contribution in [0.4, 0.5) is 0 Å². The first-order chi connectivity index (χ1) is 18.3. The molecule has 1 atom stereocenters. The number of aliphatic hydroxyl groups excluding tert-OH is 1. The number of aliphatic hydroxyl groups is 1. The summed E-state index contributed by atoms with van der Waals surface area (Å²) in [4.78, 5) is 28.4. The van der Waals surface area contributed by atoms with Crippen LogP contribution in [0, 0.1) is 0 Å². The fourth-order valence-electron chi connectivity index (χ4n) is 4.53. The molecule has 0 spiro atoms. The van der Waals surface area contributed by atoms with Gasteiger partial charge in [0.2, 0.25) is 0 Å². The standard InChI is InChI=1S/C30H31NO7/c1-18(2)38-23-11-7-9-20(15-23)27-26(28(32)24-16-22(36-4)12-13-25(24)37-5)29(33)30(34)31(27)17-19-8-6-10-21(14-19)35-3/h6-16,18,27,32H,17H2,1-5H3/b28-26+. The van der Waals surface area contributed by atoms with Crippen molar-refractivity contribution in [3.8, 4) is 23.0 Å². The van der Waals surface area contributed by atoms with E-state index >= 15 is 0 Å². The quantitative estimate of drug-likeness (QED) is 0.239. The van der Waals surface area contributed by atoms with Crippen LogP contribution >= 0.6 is 0 Å². The second-order valence-corrected chi connectivity index (χ2v) is 9.08. The number of hydrogen-bond acceptors (Lipinski definition) is 7. The molecule has 38 heavy (non-hydrogen) atoms. The summed E-state index contributed by atoms with van der Waals surface area (Å²) in [6.07, 6.45) is -0.0746. The number of methoxy groups -OCH3 is 3. The average Bonchev–Trinajstić information content (AvgIpc) is 3.17. The molecule has 0 saturated carbocycles. The van der Waals surface area contributed by atoms with Crippen LogP contribution in [0.1, 0.15) is 36.6 Å². The Morgan fingerprint density at radius 2 is 1.55 bits per heavy atom. The Kier molecular flexibility index (Phi) is 7.90. The summed E-state index contributed by atoms with van der Waals surface area (Å²) in [5, 5.41) is 11.5. The van der Waals surface area contributed by atoms with E-state index in [2.05, 4.69) is 0 Å². The molecule has 1 amide bonds. The molecule has 0 bridgehead atoms. The van der Waals surface area contributed by atoms with Crippen LogP contribution in [0.2, 0.25) is 0 Å². The molecular weight excluding hydrogens is 486 g/mol. The second-order valence-electron chi connectivity index (χ2n) is 9.08. The number of ether oxygens (including phenoxy) is 4. The van der Waals surface area contributed by atoms with E-state index < -0.39 is 17.7 Å². The van der Waals surface area contributed by atoms with Crippen molar-refractivity contribution in [2.45, 2.75) is 32.5 Å². The lowest BCUT2D eigenvalue weighted by Crippen LogP contribution is -2.29. The highest BCUT2D eigenvalue weighted by molar-refractivity contribution is 6.46. The van der Waals surface area contributed by atoms with Crippen molar-refractivity contribution in [2.75, 3.05) is 21.3 Å². The number of benzene rings is 3. The first-order valence-corrected chi connectivity index (χ1v) is 12.2. The van der Waals surface area contributed by atoms with Crippen molar-refractivity contribution in [1.29, 1.82) is 0 Å². The van der Waals surface area contributed by atoms with Gasteiger partial charge in [0, 0.05) is 6.54 Å². The average molecular weight is 518 g/mol. The summed E-state index contributed by atoms with van der Waals surface area (Å²) in [5.41, 5.74) is 1.58. The normalized spacial score (nSPS) is 16.6. The first kappa shape index (κ1) is 26.6. The Labute approximate surface area is 222 Å². The van der Waals surface area contributed by atoms with Crippen LogP contribution in [-0.4, -0.2) is 49.1 Å². The van der Waals surface area contributed by atoms with Gasteiger partial charge in [-0.15, -0.1) is 0 Å². The number of nitrogens with zero attached hydrogens (tertiary/aromatic N) is 1. The van der Waals surface area contributed by atoms with Gasteiger partial charge in [0.05, 0.1) is 44.6 Å². The van der Waals surface area contributed by atoms with Gasteiger partial charge < -0.3 is 29.0 Å². The van der Waals surface area contributed by atoms with E-state index in [1.54, 1.807) is 55.6 Å². The Morgan fingerprint density at radius 1 is 0.868 bits per heavy atom. The third kappa shape index (κ3) is 5.29. The van der Waals surface area contributed by atoms with Crippen LogP contribution in [0.3, 0.4) is 0 Å². The molecule has 1 unspecified atom stereocenters. The summed E-state index contributed by atoms with van der Waals surface area (Å²) in [7, 11) is 4.52. The smallest absolute Gasteiger partial charge is 0.295 e. The maximum Gasteiger partial charge on any atom is 0.295 e. The van der Waals surface area contributed by atoms with E-state index in [1.165, 1.54) is 19.1 Å². The van der Waals surface area contributed by atoms with E-state index in [-0.39, 0.29) is 29.5 Å². The number of hydrogen-bond donors (Lipinski definition) is 1. The number of carbonyl (C=O) groups excluding carboxylic acids is 2. The highest BCUT2D eigenvalue weighted by atomic mass is 16.5. The number of ketones is 1. The summed E-state index contributed by atoms with van der Waals surface area (Å²) in [6.45, 7) is 3.95. The molecule has 1 heterocycles. The van der Waals surface area contributed by atoms with E-state index in [4.69, 9.17) is 18.9 Å². The van der Waals surface area contributed by atoms with Gasteiger partial charge in [-0.3, -0.25) is 9.59 Å². The van der Waals surface area contributed by atoms with Gasteiger partial charge >= 0.3 is 0 Å². The predicted molar refractivity (Wildman–Crippen MR) is 143 cm³/mol. The molecule has 1 aliphatic rings. The zero-order chi connectivity index (χ0) is 27.4. The molecule has 1 saturated heterocycles. The molecule has 1 fully saturated rings. The van der Waals surface area contributed by atoms with E-state index in [0.717, 1.165) is 5.56 Å². The zero-order valence-electron chi connectivity index (χ0n) is 22.1. The molecule has 0 aromatic heterocycles. The van der Waals surface area contributed by atoms with Gasteiger partial charge in [-0.25, -0.2) is 0 Å². The largest absolute Gasteiger partial charge is 0.507 e. The lowest BCUT2D eigenvalue weighted by molar-refractivity contribution is -0.140. The topological polar surface area (TPSA) is 94.5 Å². The summed E-state index contributed by atoms with van der Waals surface area (Å²) >= 11 is 0. The molecule has 1 aliphatic heterocycles. The van der Waals surface area contributed by atoms with Crippen molar-refractivity contribution >= 4 is 17.4 Å². The van der Waals surface area contributed by atoms with Crippen molar-refractivity contribution in [2.24, 2.45) is 0 Å². The summed E-state index contributed by atoms with van der Waals surface area (Å²) in [5.74, 6) is 0.131. The molecule has 8 heteroatoms. The highest BCUT2D eigenvalue weighted by Crippen LogP contribution is 2.43. The molecule has 4 rings (SSSR count). The number of amides is 1. The monoisotopic (exact) mass is 517 g/mol. The van der Waals surface area contributed by atoms with Crippen LogP contribution < -0.4 is 18.9 Å². The molecular formula is C30H31NO7. The van der Waals surface area contributed by atoms with Crippen LogP contribution in [-0.2, 0) is 16.1 Å². The van der Waals surface area contributed by atoms with E-state index in [9.17, 15) is 14.7 Å². The molecule has 3 aromatic rings. The van der Waals surface area contributed by atoms with Crippen molar-refractivity contribution < 1.29 is 33.6 Å². The minimum absolute atomic E-state index is 0.0499. The van der Waals surface area contributed by atoms with Gasteiger partial charge in [0.1, 0.15) is 28.8 Å². The zero-order valence-corrected chi connectivity index (χ0v) is 22.1. The summed E-state index contributed by atoms with van der Waals surface area (Å²) < 4.78 is 22.0. The molecule has 3 aromatic carbocycles. The van der Waals surface area contributed by atoms with Gasteiger partial charge in [0.25, 0.3) is 11.7 Å². The van der Waals surface area contributed by atoms with E-state index in [0.29, 0.717) is 28.6 Å². The van der Waals surface area contributed by atoms with Gasteiger partial charge in [-0.05, 0) is 67.4 Å². The fraction of sp³-hybridized carbons (Fsp3) is 0.267. The molecule has 8 nitrogen and oxygen atoms in total. The summed E-state index contributed by atoms with van der Waals surface area (Å²) in [6, 6.07) is 18.5. The van der Waals surface area contributed by atoms with E-state index in [1.807, 2.05) is 32.0 Å². The molecule has 1 N–H and O–H groups in total. The minimum atomic E-state index is -0.882. The fourth-order valence-corrected chi connectivity index (χ4v) is 4.53. The highest BCUT2D eigenvalue weighted by Gasteiger charge is 2.46. The SMILES string of the molecule is COc1cccc(CN2C(=O)C(=O)/C(=C(/O)c3cc(OC)ccc3OC)C2c2cccc(OC(C)C)c2)c1. The van der Waals surface area contributed by atoms with Crippen molar-refractivity contribution in [3.63, 3.8) is 0 Å². The van der Waals surface area contributed by atoms with Gasteiger partial charge in [0.15, 0.2) is 0 Å². The van der Waals surface area contributed by atoms with Crippen molar-refractivity contribution in [3.05, 3.63) is 89.0 Å². The lowest BCUT2D eigenvalue weighted by Gasteiger charge is -2.26. The molecule has 0 radical (unpaired) electrons. The Hall–Kier alpha value is -4.46. The minimum Gasteiger partial charge on any atom is -0.507 e. The van der Waals surface area contributed by atoms with Crippen molar-refractivity contribution in [1.82, 2.24) is 4.90 Å². The van der Waals surface area contributed by atoms with Gasteiger partial charge in [-0.1, -0.05) is 24.3 Å². The van der Waals surface area contributed by atoms with Crippen LogP contribution in [0.5, 0.6) is 23.0 Å². The Balaban J connectivity index is 1.91. The number of carbonyl (C=O) groups is 2. The Morgan fingerprint density at radius 3 is 2.24 bits per heavy atom. The first-order valence-electron chi connectivity index (χ1n) is 12.2. The Bertz CT molecular complexity index is 1380. The lowest BCUT2D eigenvalue weighted by atomic mass is 9.94. The van der Waals surface area contributed by atoms with Crippen LogP contribution in [0.25, 0.3) is 5.76 Å². The third-order valence-corrected chi connectivity index (χ3v) is 6.23. The number of Topliss-reactive ketones (excluding diaryl/α,β-unsaturated/α-hetero) is 1. The van der Waals surface area contributed by atoms with Gasteiger partial charge in [-0.2, -0.15) is 0 Å². The number of likely N-dealkylation sites (tertiary alicyclic amines) is 1. The molecule has 198 valence electrons. The van der Waals surface area contributed by atoms with Crippen LogP contribution in [0.15, 0.2) is 72.3 Å². The third-order valence-electron chi connectivity index (χ3n) is 6.23. The predicted octanol–water partition coefficient (Wildman–Crippen LogP) is 5.12. The molecule has 0 aliphatic carbocycles. The maximum atomic E-state index is 13.5. The number of rotatable bonds is 9. The maximum absolute atomic E-state index is 13.5.